The van der Waals surface area contributed by atoms with Gasteiger partial charge >= 0.3 is 0 Å². The maximum absolute atomic E-state index is 6.10. The minimum absolute atomic E-state index is 0. The van der Waals surface area contributed by atoms with E-state index in [0.717, 1.165) is 69.5 Å². The Labute approximate surface area is 209 Å². The van der Waals surface area contributed by atoms with Crippen LogP contribution in [0.25, 0.3) is 0 Å². The Morgan fingerprint density at radius 3 is 2.62 bits per heavy atom. The van der Waals surface area contributed by atoms with Gasteiger partial charge in [0.05, 0.1) is 18.3 Å². The van der Waals surface area contributed by atoms with Crippen LogP contribution in [0.1, 0.15) is 56.0 Å². The summed E-state index contributed by atoms with van der Waals surface area (Å²) in [7, 11) is 1.77. The quantitative estimate of drug-likeness (QED) is 0.199. The molecule has 2 N–H and O–H groups in total. The van der Waals surface area contributed by atoms with Crippen molar-refractivity contribution in [2.45, 2.75) is 58.2 Å². The Bertz CT molecular complexity index is 789. The molecule has 8 heteroatoms. The summed E-state index contributed by atoms with van der Waals surface area (Å²) >= 11 is 0. The summed E-state index contributed by atoms with van der Waals surface area (Å²) in [5.74, 6) is 1.94. The van der Waals surface area contributed by atoms with Gasteiger partial charge in [0.2, 0.25) is 0 Å². The average Bonchev–Trinajstić information content (AvgIpc) is 3.27. The highest BCUT2D eigenvalue weighted by Crippen LogP contribution is 2.16. The molecule has 1 saturated heterocycles. The maximum Gasteiger partial charge on any atom is 0.191 e. The normalized spacial score (nSPS) is 15.6. The standard InChI is InChI=1S/C24H37N5O2.HI/c1-19(2)23-16-22(31-28-23)17-27-24(25-3)26-12-7-15-30-21-10-13-29(14-11-21)18-20-8-5-4-6-9-20;/h4-6,8-9,16,19,21H,7,10-15,17-18H2,1-3H3,(H2,25,26,27);1H. The van der Waals surface area contributed by atoms with Crippen molar-refractivity contribution >= 4 is 29.9 Å². The molecular formula is C24H38IN5O2. The molecule has 0 radical (unpaired) electrons. The molecule has 1 aliphatic heterocycles. The van der Waals surface area contributed by atoms with E-state index in [9.17, 15) is 0 Å². The van der Waals surface area contributed by atoms with Crippen LogP contribution < -0.4 is 10.6 Å². The van der Waals surface area contributed by atoms with Gasteiger partial charge in [-0.15, -0.1) is 24.0 Å². The second kappa shape index (κ2) is 14.5. The van der Waals surface area contributed by atoms with Gasteiger partial charge < -0.3 is 19.9 Å². The van der Waals surface area contributed by atoms with Gasteiger partial charge in [0.25, 0.3) is 0 Å². The van der Waals surface area contributed by atoms with Gasteiger partial charge in [-0.3, -0.25) is 9.89 Å². The van der Waals surface area contributed by atoms with Crippen molar-refractivity contribution in [3.63, 3.8) is 0 Å². The number of hydrogen-bond donors (Lipinski definition) is 2. The van der Waals surface area contributed by atoms with Gasteiger partial charge in [-0.05, 0) is 30.7 Å². The summed E-state index contributed by atoms with van der Waals surface area (Å²) in [4.78, 5) is 6.78. The maximum atomic E-state index is 6.10. The summed E-state index contributed by atoms with van der Waals surface area (Å²) in [6.07, 6.45) is 3.55. The molecule has 0 amide bonds. The number of aromatic nitrogens is 1. The third kappa shape index (κ3) is 9.07. The molecular weight excluding hydrogens is 517 g/mol. The van der Waals surface area contributed by atoms with Gasteiger partial charge in [-0.2, -0.15) is 0 Å². The fourth-order valence-corrected chi connectivity index (χ4v) is 3.68. The molecule has 0 bridgehead atoms. The predicted molar refractivity (Wildman–Crippen MR) is 140 cm³/mol. The molecule has 7 nitrogen and oxygen atoms in total. The lowest BCUT2D eigenvalue weighted by Gasteiger charge is -2.32. The summed E-state index contributed by atoms with van der Waals surface area (Å²) in [6, 6.07) is 12.7. The molecule has 0 atom stereocenters. The first-order chi connectivity index (χ1) is 15.1. The van der Waals surface area contributed by atoms with Crippen molar-refractivity contribution in [3.05, 3.63) is 53.4 Å². The molecule has 1 fully saturated rings. The zero-order chi connectivity index (χ0) is 21.9. The van der Waals surface area contributed by atoms with E-state index >= 15 is 0 Å². The number of piperidine rings is 1. The first-order valence-corrected chi connectivity index (χ1v) is 11.4. The second-order valence-electron chi connectivity index (χ2n) is 8.41. The number of benzene rings is 1. The van der Waals surface area contributed by atoms with Crippen LogP contribution in [0.5, 0.6) is 0 Å². The first kappa shape index (κ1) is 26.6. The molecule has 0 saturated carbocycles. The molecule has 0 aliphatic carbocycles. The molecule has 1 aromatic heterocycles. The Kier molecular flexibility index (Phi) is 12.0. The zero-order valence-electron chi connectivity index (χ0n) is 19.5. The summed E-state index contributed by atoms with van der Waals surface area (Å²) in [6.45, 7) is 9.61. The first-order valence-electron chi connectivity index (χ1n) is 11.4. The Balaban J connectivity index is 0.00000363. The van der Waals surface area contributed by atoms with Crippen LogP contribution in [-0.4, -0.2) is 55.4 Å². The van der Waals surface area contributed by atoms with E-state index in [-0.39, 0.29) is 24.0 Å². The molecule has 1 aliphatic rings. The molecule has 178 valence electrons. The lowest BCUT2D eigenvalue weighted by Crippen LogP contribution is -2.38. The monoisotopic (exact) mass is 555 g/mol. The van der Waals surface area contributed by atoms with E-state index in [1.807, 2.05) is 6.07 Å². The van der Waals surface area contributed by atoms with E-state index < -0.39 is 0 Å². The summed E-state index contributed by atoms with van der Waals surface area (Å²) in [5.41, 5.74) is 2.36. The van der Waals surface area contributed by atoms with Crippen molar-refractivity contribution < 1.29 is 9.26 Å². The van der Waals surface area contributed by atoms with Crippen LogP contribution >= 0.6 is 24.0 Å². The molecule has 0 unspecified atom stereocenters. The van der Waals surface area contributed by atoms with E-state index in [2.05, 4.69) is 69.9 Å². The van der Waals surface area contributed by atoms with Crippen LogP contribution in [-0.2, 0) is 17.8 Å². The largest absolute Gasteiger partial charge is 0.378 e. The summed E-state index contributed by atoms with van der Waals surface area (Å²) < 4.78 is 11.5. The van der Waals surface area contributed by atoms with Crippen LogP contribution in [0.3, 0.4) is 0 Å². The zero-order valence-corrected chi connectivity index (χ0v) is 21.9. The van der Waals surface area contributed by atoms with Crippen molar-refractivity contribution in [2.75, 3.05) is 33.3 Å². The topological polar surface area (TPSA) is 74.9 Å². The number of halogens is 1. The Morgan fingerprint density at radius 2 is 1.97 bits per heavy atom. The number of nitrogens with zero attached hydrogens (tertiary/aromatic N) is 3. The number of aliphatic imine (C=N–C) groups is 1. The van der Waals surface area contributed by atoms with Crippen LogP contribution in [0.15, 0.2) is 45.9 Å². The minimum Gasteiger partial charge on any atom is -0.378 e. The molecule has 32 heavy (non-hydrogen) atoms. The molecule has 2 aromatic rings. The third-order valence-corrected chi connectivity index (χ3v) is 5.57. The molecule has 3 rings (SSSR count). The van der Waals surface area contributed by atoms with Crippen molar-refractivity contribution in [1.29, 1.82) is 0 Å². The third-order valence-electron chi connectivity index (χ3n) is 5.57. The molecule has 2 heterocycles. The van der Waals surface area contributed by atoms with E-state index in [1.165, 1.54) is 5.56 Å². The Hall–Kier alpha value is -1.65. The highest BCUT2D eigenvalue weighted by atomic mass is 127. The SMILES string of the molecule is CN=C(NCCCOC1CCN(Cc2ccccc2)CC1)NCc1cc(C(C)C)no1.I. The number of ether oxygens (including phenoxy) is 1. The van der Waals surface area contributed by atoms with Crippen LogP contribution in [0.2, 0.25) is 0 Å². The van der Waals surface area contributed by atoms with Crippen molar-refractivity contribution in [1.82, 2.24) is 20.7 Å². The number of hydrogen-bond acceptors (Lipinski definition) is 5. The van der Waals surface area contributed by atoms with Crippen LogP contribution in [0.4, 0.5) is 0 Å². The minimum atomic E-state index is 0. The highest BCUT2D eigenvalue weighted by molar-refractivity contribution is 14.0. The fraction of sp³-hybridized carbons (Fsp3) is 0.583. The number of likely N-dealkylation sites (tertiary alicyclic amines) is 1. The average molecular weight is 556 g/mol. The predicted octanol–water partition coefficient (Wildman–Crippen LogP) is 4.15. The van der Waals surface area contributed by atoms with Gasteiger partial charge in [-0.25, -0.2) is 0 Å². The lowest BCUT2D eigenvalue weighted by molar-refractivity contribution is 0.00534. The lowest BCUT2D eigenvalue weighted by atomic mass is 10.1. The molecule has 0 spiro atoms. The highest BCUT2D eigenvalue weighted by Gasteiger charge is 2.19. The smallest absolute Gasteiger partial charge is 0.191 e. The van der Waals surface area contributed by atoms with E-state index in [1.54, 1.807) is 7.05 Å². The van der Waals surface area contributed by atoms with Crippen molar-refractivity contribution in [2.24, 2.45) is 4.99 Å². The van der Waals surface area contributed by atoms with Gasteiger partial charge in [0.15, 0.2) is 11.7 Å². The fourth-order valence-electron chi connectivity index (χ4n) is 3.68. The number of rotatable bonds is 10. The van der Waals surface area contributed by atoms with Gasteiger partial charge in [0, 0.05) is 45.9 Å². The molecule has 1 aromatic carbocycles. The van der Waals surface area contributed by atoms with Gasteiger partial charge in [0.1, 0.15) is 0 Å². The number of guanidine groups is 1. The van der Waals surface area contributed by atoms with Crippen molar-refractivity contribution in [3.8, 4) is 0 Å². The van der Waals surface area contributed by atoms with Gasteiger partial charge in [-0.1, -0.05) is 49.3 Å². The second-order valence-corrected chi connectivity index (χ2v) is 8.41. The Morgan fingerprint density at radius 1 is 1.22 bits per heavy atom. The summed E-state index contributed by atoms with van der Waals surface area (Å²) in [5, 5.41) is 10.7. The van der Waals surface area contributed by atoms with E-state index in [0.29, 0.717) is 18.6 Å². The van der Waals surface area contributed by atoms with E-state index in [4.69, 9.17) is 9.26 Å². The number of nitrogens with one attached hydrogen (secondary N) is 2. The van der Waals surface area contributed by atoms with Crippen LogP contribution in [0, 0.1) is 0 Å².